The number of carbonyl (C=O) groups excluding carboxylic acids is 1. The molecule has 0 bridgehead atoms. The van der Waals surface area contributed by atoms with E-state index in [2.05, 4.69) is 20.0 Å². The number of rotatable bonds is 5. The van der Waals surface area contributed by atoms with Crippen molar-refractivity contribution in [2.75, 3.05) is 25.1 Å². The lowest BCUT2D eigenvalue weighted by molar-refractivity contribution is -0.137. The number of carbonyl (C=O) groups is 1. The average Bonchev–Trinajstić information content (AvgIpc) is 3.22. The Morgan fingerprint density at radius 2 is 2.13 bits per heavy atom. The molecule has 0 aliphatic carbocycles. The van der Waals surface area contributed by atoms with Crippen LogP contribution in [0.4, 0.5) is 19.0 Å². The largest absolute Gasteiger partial charge is 0.416 e. The van der Waals surface area contributed by atoms with Gasteiger partial charge in [-0.3, -0.25) is 9.80 Å². The van der Waals surface area contributed by atoms with Crippen LogP contribution in [-0.4, -0.2) is 45.9 Å². The maximum Gasteiger partial charge on any atom is 0.416 e. The van der Waals surface area contributed by atoms with Crippen molar-refractivity contribution in [3.05, 3.63) is 54.0 Å². The average molecular weight is 417 g/mol. The van der Waals surface area contributed by atoms with Gasteiger partial charge in [0.05, 0.1) is 10.9 Å². The summed E-state index contributed by atoms with van der Waals surface area (Å²) in [4.78, 5) is 24.5. The van der Waals surface area contributed by atoms with Crippen LogP contribution in [0.1, 0.15) is 24.0 Å². The molecule has 0 radical (unpaired) electrons. The first-order valence-corrected chi connectivity index (χ1v) is 9.78. The third-order valence-electron chi connectivity index (χ3n) is 5.55. The van der Waals surface area contributed by atoms with E-state index in [1.807, 2.05) is 18.1 Å². The summed E-state index contributed by atoms with van der Waals surface area (Å²) in [6.07, 6.45) is 0.432. The van der Waals surface area contributed by atoms with Gasteiger partial charge in [-0.05, 0) is 30.5 Å². The summed E-state index contributed by atoms with van der Waals surface area (Å²) < 4.78 is 38.8. The van der Waals surface area contributed by atoms with Crippen LogP contribution in [0.25, 0.3) is 11.0 Å². The van der Waals surface area contributed by atoms with Gasteiger partial charge in [0.2, 0.25) is 0 Å². The van der Waals surface area contributed by atoms with Crippen LogP contribution in [0.5, 0.6) is 0 Å². The molecule has 1 fully saturated rings. The van der Waals surface area contributed by atoms with E-state index in [1.165, 1.54) is 12.4 Å². The van der Waals surface area contributed by atoms with Crippen molar-refractivity contribution >= 4 is 22.6 Å². The fourth-order valence-electron chi connectivity index (χ4n) is 3.95. The van der Waals surface area contributed by atoms with Gasteiger partial charge in [0.15, 0.2) is 5.82 Å². The van der Waals surface area contributed by atoms with Crippen LogP contribution in [0.15, 0.2) is 42.9 Å². The number of alkyl halides is 3. The minimum atomic E-state index is -4.41. The Labute approximate surface area is 171 Å². The first kappa shape index (κ1) is 20.3. The molecular weight excluding hydrogens is 395 g/mol. The fourth-order valence-corrected chi connectivity index (χ4v) is 3.95. The highest BCUT2D eigenvalue weighted by atomic mass is 19.4. The molecule has 1 unspecified atom stereocenters. The topological polar surface area (TPSA) is 65.1 Å². The second-order valence-electron chi connectivity index (χ2n) is 7.55. The Morgan fingerprint density at radius 3 is 2.93 bits per heavy atom. The number of hydrazine groups is 1. The third kappa shape index (κ3) is 4.16. The molecule has 2 aromatic heterocycles. The molecule has 4 rings (SSSR count). The van der Waals surface area contributed by atoms with Gasteiger partial charge >= 0.3 is 6.18 Å². The minimum Gasteiger partial charge on any atom is -0.346 e. The van der Waals surface area contributed by atoms with E-state index < -0.39 is 11.7 Å². The lowest BCUT2D eigenvalue weighted by Crippen LogP contribution is -2.48. The Morgan fingerprint density at radius 1 is 1.30 bits per heavy atom. The van der Waals surface area contributed by atoms with Crippen molar-refractivity contribution in [1.82, 2.24) is 20.0 Å². The predicted molar refractivity (Wildman–Crippen MR) is 107 cm³/mol. The molecule has 9 heteroatoms. The minimum absolute atomic E-state index is 0.00169. The van der Waals surface area contributed by atoms with Gasteiger partial charge in [0.1, 0.15) is 17.8 Å². The van der Waals surface area contributed by atoms with Crippen LogP contribution < -0.4 is 5.01 Å². The van der Waals surface area contributed by atoms with Crippen molar-refractivity contribution < 1.29 is 18.0 Å². The summed E-state index contributed by atoms with van der Waals surface area (Å²) in [6, 6.07) is 6.91. The molecule has 0 saturated carbocycles. The van der Waals surface area contributed by atoms with Crippen molar-refractivity contribution in [2.24, 2.45) is 5.92 Å². The molecule has 1 saturated heterocycles. The lowest BCUT2D eigenvalue weighted by Gasteiger charge is -2.38. The van der Waals surface area contributed by atoms with Gasteiger partial charge in [-0.2, -0.15) is 13.2 Å². The predicted octanol–water partition coefficient (Wildman–Crippen LogP) is 3.85. The lowest BCUT2D eigenvalue weighted by atomic mass is 9.90. The molecule has 3 aromatic rings. The fraction of sp³-hybridized carbons (Fsp3) is 0.381. The Hall–Kier alpha value is -2.94. The molecule has 1 atom stereocenters. The molecule has 30 heavy (non-hydrogen) atoms. The van der Waals surface area contributed by atoms with Crippen molar-refractivity contribution in [1.29, 1.82) is 0 Å². The number of hydrogen-bond donors (Lipinski definition) is 1. The zero-order valence-corrected chi connectivity index (χ0v) is 16.5. The van der Waals surface area contributed by atoms with E-state index in [-0.39, 0.29) is 18.1 Å². The molecule has 1 aliphatic heterocycles. The molecule has 1 N–H and O–H groups in total. The number of nitrogens with zero attached hydrogens (tertiary/aromatic N) is 4. The van der Waals surface area contributed by atoms with E-state index in [0.29, 0.717) is 12.1 Å². The zero-order valence-electron chi connectivity index (χ0n) is 16.5. The van der Waals surface area contributed by atoms with Crippen LogP contribution in [0, 0.1) is 5.92 Å². The summed E-state index contributed by atoms with van der Waals surface area (Å²) in [7, 11) is 1.90. The Bertz CT molecular complexity index is 1050. The Kier molecular flexibility index (Phi) is 5.46. The molecule has 158 valence electrons. The number of fused-ring (bicyclic) bond motifs is 1. The van der Waals surface area contributed by atoms with E-state index in [9.17, 15) is 18.0 Å². The molecule has 1 aromatic carbocycles. The van der Waals surface area contributed by atoms with Crippen molar-refractivity contribution in [3.8, 4) is 0 Å². The summed E-state index contributed by atoms with van der Waals surface area (Å²) in [5.74, 6) is 0.466. The van der Waals surface area contributed by atoms with Crippen LogP contribution in [-0.2, 0) is 17.4 Å². The number of H-pyrrole nitrogens is 1. The van der Waals surface area contributed by atoms with Gasteiger partial charge in [-0.15, -0.1) is 0 Å². The number of piperidine rings is 1. The molecule has 6 nitrogen and oxygen atoms in total. The zero-order chi connectivity index (χ0) is 21.3. The number of aromatic amines is 1. The van der Waals surface area contributed by atoms with Gasteiger partial charge < -0.3 is 4.98 Å². The first-order chi connectivity index (χ1) is 14.3. The first-order valence-electron chi connectivity index (χ1n) is 9.78. The van der Waals surface area contributed by atoms with Gasteiger partial charge in [-0.25, -0.2) is 15.0 Å². The summed E-state index contributed by atoms with van der Waals surface area (Å²) in [5, 5.41) is 4.88. The van der Waals surface area contributed by atoms with E-state index in [0.717, 1.165) is 48.4 Å². The smallest absolute Gasteiger partial charge is 0.346 e. The second kappa shape index (κ2) is 8.06. The quantitative estimate of drug-likeness (QED) is 0.683. The number of benzene rings is 1. The molecule has 0 amide bonds. The number of nitrogens with one attached hydrogen (secondary N) is 1. The summed E-state index contributed by atoms with van der Waals surface area (Å²) >= 11 is 0. The second-order valence-corrected chi connectivity index (χ2v) is 7.55. The molecule has 3 heterocycles. The Balaban J connectivity index is 1.46. The van der Waals surface area contributed by atoms with Crippen LogP contribution in [0.2, 0.25) is 0 Å². The van der Waals surface area contributed by atoms with Gasteiger partial charge in [0.25, 0.3) is 0 Å². The van der Waals surface area contributed by atoms with Gasteiger partial charge in [0, 0.05) is 38.7 Å². The number of halogens is 3. The monoisotopic (exact) mass is 417 g/mol. The highest BCUT2D eigenvalue weighted by Gasteiger charge is 2.32. The number of ketones is 1. The van der Waals surface area contributed by atoms with Gasteiger partial charge in [-0.1, -0.05) is 18.2 Å². The maximum absolute atomic E-state index is 12.9. The maximum atomic E-state index is 12.9. The van der Waals surface area contributed by atoms with Crippen molar-refractivity contribution in [2.45, 2.75) is 25.4 Å². The number of hydrogen-bond acceptors (Lipinski definition) is 5. The summed E-state index contributed by atoms with van der Waals surface area (Å²) in [5.41, 5.74) is 0.406. The van der Waals surface area contributed by atoms with E-state index in [1.54, 1.807) is 12.3 Å². The number of aromatic nitrogens is 3. The highest BCUT2D eigenvalue weighted by molar-refractivity contribution is 5.87. The third-order valence-corrected chi connectivity index (χ3v) is 5.55. The highest BCUT2D eigenvalue weighted by Crippen LogP contribution is 2.30. The standard InChI is InChI=1S/C21H22F3N5O/c1-28(20-17-7-8-25-19(17)26-13-27-20)29-9-3-5-15(12-29)18(30)11-14-4-2-6-16(10-14)21(22,23)24/h2,4,6-8,10,13,15H,3,5,9,11-12H2,1H3,(H,25,26,27). The molecular formula is C21H22F3N5O. The van der Waals surface area contributed by atoms with Crippen LogP contribution in [0.3, 0.4) is 0 Å². The molecule has 0 spiro atoms. The van der Waals surface area contributed by atoms with Crippen LogP contribution >= 0.6 is 0 Å². The summed E-state index contributed by atoms with van der Waals surface area (Å²) in [6.45, 7) is 1.28. The SMILES string of the molecule is CN(c1ncnc2[nH]ccc12)N1CCCC(C(=O)Cc2cccc(C(F)(F)F)c2)C1. The van der Waals surface area contributed by atoms with Crippen molar-refractivity contribution in [3.63, 3.8) is 0 Å². The number of Topliss-reactive ketones (excluding diaryl/α,β-unsaturated/α-hetero) is 1. The van der Waals surface area contributed by atoms with E-state index in [4.69, 9.17) is 0 Å². The normalized spacial score (nSPS) is 17.9. The molecule has 1 aliphatic rings. The number of anilines is 1. The van der Waals surface area contributed by atoms with E-state index >= 15 is 0 Å².